The van der Waals surface area contributed by atoms with Gasteiger partial charge in [-0.05, 0) is 35.9 Å². The zero-order valence-electron chi connectivity index (χ0n) is 13.9. The van der Waals surface area contributed by atoms with E-state index in [4.69, 9.17) is 0 Å². The second-order valence-electron chi connectivity index (χ2n) is 5.75. The Bertz CT molecular complexity index is 1070. The van der Waals surface area contributed by atoms with Gasteiger partial charge in [-0.2, -0.15) is 0 Å². The molecule has 26 heavy (non-hydrogen) atoms. The molecule has 4 rings (SSSR count). The van der Waals surface area contributed by atoms with Gasteiger partial charge < -0.3 is 5.32 Å². The summed E-state index contributed by atoms with van der Waals surface area (Å²) < 4.78 is 1.57. The van der Waals surface area contributed by atoms with Gasteiger partial charge in [0.15, 0.2) is 0 Å². The first-order valence-electron chi connectivity index (χ1n) is 8.25. The van der Waals surface area contributed by atoms with Crippen LogP contribution in [0.3, 0.4) is 0 Å². The molecule has 0 spiro atoms. The maximum Gasteiger partial charge on any atom is 0.274 e. The van der Waals surface area contributed by atoms with E-state index in [1.807, 2.05) is 84.9 Å². The van der Waals surface area contributed by atoms with Crippen LogP contribution in [0.25, 0.3) is 22.8 Å². The van der Waals surface area contributed by atoms with Gasteiger partial charge in [0.1, 0.15) is 11.2 Å². The van der Waals surface area contributed by atoms with E-state index in [2.05, 4.69) is 15.6 Å². The number of rotatable bonds is 4. The van der Waals surface area contributed by atoms with Gasteiger partial charge in [-0.15, -0.1) is 5.10 Å². The molecular weight excluding hydrogens is 324 g/mol. The minimum Gasteiger partial charge on any atom is -0.321 e. The molecule has 0 aliphatic carbocycles. The number of hydrogen-bond donors (Lipinski definition) is 1. The highest BCUT2D eigenvalue weighted by molar-refractivity contribution is 6.25. The molecule has 126 valence electrons. The van der Waals surface area contributed by atoms with Crippen molar-refractivity contribution >= 4 is 34.4 Å². The summed E-state index contributed by atoms with van der Waals surface area (Å²) in [6.45, 7) is 0. The smallest absolute Gasteiger partial charge is 0.274 e. The summed E-state index contributed by atoms with van der Waals surface area (Å²) in [7, 11) is 0. The average molecular weight is 340 g/mol. The van der Waals surface area contributed by atoms with Gasteiger partial charge in [0, 0.05) is 5.69 Å². The zero-order valence-corrected chi connectivity index (χ0v) is 13.9. The second kappa shape index (κ2) is 7.03. The molecule has 3 aromatic carbocycles. The van der Waals surface area contributed by atoms with Gasteiger partial charge in [0.2, 0.25) is 0 Å². The number of hydrogen-bond acceptors (Lipinski definition) is 3. The summed E-state index contributed by atoms with van der Waals surface area (Å²) in [5.74, 6) is -0.254. The molecule has 0 fully saturated rings. The van der Waals surface area contributed by atoms with E-state index < -0.39 is 0 Å². The van der Waals surface area contributed by atoms with E-state index in [9.17, 15) is 4.79 Å². The van der Waals surface area contributed by atoms with E-state index in [-0.39, 0.29) is 5.91 Å². The molecule has 0 bridgehead atoms. The summed E-state index contributed by atoms with van der Waals surface area (Å²) in [5, 5.41) is 11.3. The van der Waals surface area contributed by atoms with Crippen LogP contribution in [-0.2, 0) is 4.79 Å². The molecule has 0 saturated heterocycles. The van der Waals surface area contributed by atoms with E-state index in [0.717, 1.165) is 22.3 Å². The maximum atomic E-state index is 13.0. The second-order valence-corrected chi connectivity index (χ2v) is 5.75. The summed E-state index contributed by atoms with van der Waals surface area (Å²) in [5.41, 5.74) is 3.54. The lowest BCUT2D eigenvalue weighted by atomic mass is 10.2. The van der Waals surface area contributed by atoms with Gasteiger partial charge in [-0.1, -0.05) is 65.9 Å². The molecule has 4 aromatic rings. The Morgan fingerprint density at radius 2 is 1.50 bits per heavy atom. The number of amides is 1. The number of benzene rings is 3. The molecule has 0 aliphatic rings. The number of nitrogens with zero attached hydrogens (tertiary/aromatic N) is 3. The Kier molecular flexibility index (Phi) is 4.26. The molecule has 5 nitrogen and oxygen atoms in total. The summed E-state index contributed by atoms with van der Waals surface area (Å²) in [6, 6.07) is 26.6. The lowest BCUT2D eigenvalue weighted by Gasteiger charge is -2.10. The van der Waals surface area contributed by atoms with E-state index in [1.54, 1.807) is 10.8 Å². The largest absolute Gasteiger partial charge is 0.321 e. The Labute approximate surface area is 150 Å². The third-order valence-electron chi connectivity index (χ3n) is 3.95. The fraction of sp³-hybridized carbons (Fsp3) is 0. The minimum atomic E-state index is -0.254. The predicted molar refractivity (Wildman–Crippen MR) is 103 cm³/mol. The van der Waals surface area contributed by atoms with Crippen LogP contribution < -0.4 is 5.32 Å². The van der Waals surface area contributed by atoms with E-state index >= 15 is 0 Å². The average Bonchev–Trinajstić information content (AvgIpc) is 3.11. The normalized spacial score (nSPS) is 11.5. The predicted octanol–water partition coefficient (Wildman–Crippen LogP) is 4.07. The Morgan fingerprint density at radius 3 is 2.27 bits per heavy atom. The number of carbonyl (C=O) groups excluding carboxylic acids is 1. The van der Waals surface area contributed by atoms with Crippen molar-refractivity contribution in [3.05, 3.63) is 90.5 Å². The monoisotopic (exact) mass is 340 g/mol. The third-order valence-corrected chi connectivity index (χ3v) is 3.95. The van der Waals surface area contributed by atoms with Gasteiger partial charge in [-0.3, -0.25) is 4.79 Å². The molecule has 0 radical (unpaired) electrons. The number of carbonyl (C=O) groups is 1. The van der Waals surface area contributed by atoms with Gasteiger partial charge in [0.25, 0.3) is 5.91 Å². The fourth-order valence-corrected chi connectivity index (χ4v) is 2.69. The molecule has 1 N–H and O–H groups in total. The first-order chi connectivity index (χ1) is 12.8. The number of aromatic nitrogens is 3. The van der Waals surface area contributed by atoms with Crippen molar-refractivity contribution in [2.45, 2.75) is 0 Å². The van der Waals surface area contributed by atoms with Crippen LogP contribution >= 0.6 is 0 Å². The van der Waals surface area contributed by atoms with Crippen molar-refractivity contribution < 1.29 is 4.79 Å². The first kappa shape index (κ1) is 15.8. The quantitative estimate of drug-likeness (QED) is 0.570. The Morgan fingerprint density at radius 1 is 0.846 bits per heavy atom. The van der Waals surface area contributed by atoms with Crippen LogP contribution in [0.2, 0.25) is 0 Å². The highest BCUT2D eigenvalue weighted by Gasteiger charge is 2.16. The Hall–Kier alpha value is -3.73. The van der Waals surface area contributed by atoms with Crippen LogP contribution in [-0.4, -0.2) is 20.9 Å². The topological polar surface area (TPSA) is 59.8 Å². The van der Waals surface area contributed by atoms with Crippen LogP contribution in [0.5, 0.6) is 0 Å². The highest BCUT2D eigenvalue weighted by Crippen LogP contribution is 2.19. The number of fused-ring (bicyclic) bond motifs is 1. The maximum absolute atomic E-state index is 13.0. The lowest BCUT2D eigenvalue weighted by molar-refractivity contribution is -0.111. The molecule has 1 heterocycles. The molecule has 1 amide bonds. The van der Waals surface area contributed by atoms with Crippen molar-refractivity contribution in [2.75, 3.05) is 5.32 Å². The molecular formula is C21H16N4O. The van der Waals surface area contributed by atoms with Crippen molar-refractivity contribution in [1.29, 1.82) is 0 Å². The SMILES string of the molecule is O=C(Nc1ccccc1)C(=Cc1ccccc1)n1nnc2ccccc21. The van der Waals surface area contributed by atoms with Gasteiger partial charge in [0.05, 0.1) is 5.52 Å². The lowest BCUT2D eigenvalue weighted by Crippen LogP contribution is -2.18. The zero-order chi connectivity index (χ0) is 17.8. The van der Waals surface area contributed by atoms with Crippen molar-refractivity contribution in [3.8, 4) is 0 Å². The van der Waals surface area contributed by atoms with E-state index in [1.165, 1.54) is 0 Å². The number of para-hydroxylation sites is 2. The Balaban J connectivity index is 1.79. The molecule has 1 aromatic heterocycles. The molecule has 0 saturated carbocycles. The standard InChI is InChI=1S/C21H16N4O/c26-21(22-17-11-5-2-6-12-17)20(15-16-9-3-1-4-10-16)25-19-14-8-7-13-18(19)23-24-25/h1-15H,(H,22,26). The molecule has 5 heteroatoms. The summed E-state index contributed by atoms with van der Waals surface area (Å²) >= 11 is 0. The van der Waals surface area contributed by atoms with Crippen LogP contribution in [0.15, 0.2) is 84.9 Å². The fourth-order valence-electron chi connectivity index (χ4n) is 2.69. The van der Waals surface area contributed by atoms with Crippen LogP contribution in [0.1, 0.15) is 5.56 Å². The van der Waals surface area contributed by atoms with Crippen LogP contribution in [0, 0.1) is 0 Å². The first-order valence-corrected chi connectivity index (χ1v) is 8.25. The van der Waals surface area contributed by atoms with Gasteiger partial charge in [-0.25, -0.2) is 4.68 Å². The number of nitrogens with one attached hydrogen (secondary N) is 1. The molecule has 0 unspecified atom stereocenters. The van der Waals surface area contributed by atoms with E-state index in [0.29, 0.717) is 5.70 Å². The van der Waals surface area contributed by atoms with Gasteiger partial charge >= 0.3 is 0 Å². The molecule has 0 aliphatic heterocycles. The summed E-state index contributed by atoms with van der Waals surface area (Å²) in [6.07, 6.45) is 1.80. The van der Waals surface area contributed by atoms with Crippen molar-refractivity contribution in [3.63, 3.8) is 0 Å². The number of anilines is 1. The third kappa shape index (κ3) is 3.23. The minimum absolute atomic E-state index is 0.254. The van der Waals surface area contributed by atoms with Crippen molar-refractivity contribution in [2.24, 2.45) is 0 Å². The highest BCUT2D eigenvalue weighted by atomic mass is 16.2. The van der Waals surface area contributed by atoms with Crippen molar-refractivity contribution in [1.82, 2.24) is 15.0 Å². The van der Waals surface area contributed by atoms with Crippen LogP contribution in [0.4, 0.5) is 5.69 Å². The molecule has 0 atom stereocenters. The summed E-state index contributed by atoms with van der Waals surface area (Å²) in [4.78, 5) is 13.0.